The van der Waals surface area contributed by atoms with Crippen LogP contribution in [0.3, 0.4) is 0 Å². The summed E-state index contributed by atoms with van der Waals surface area (Å²) in [5.41, 5.74) is -0.211. The molecule has 0 aliphatic rings. The van der Waals surface area contributed by atoms with Crippen LogP contribution < -0.4 is 10.2 Å². The molecule has 98 valence electrons. The second kappa shape index (κ2) is 6.00. The van der Waals surface area contributed by atoms with Gasteiger partial charge < -0.3 is 15.3 Å². The number of hydrogen-bond acceptors (Lipinski definition) is 3. The maximum atomic E-state index is 13.8. The lowest BCUT2D eigenvalue weighted by Gasteiger charge is -2.24. The van der Waals surface area contributed by atoms with Crippen LogP contribution in [0.25, 0.3) is 0 Å². The topological polar surface area (TPSA) is 69.6 Å². The van der Waals surface area contributed by atoms with Crippen LogP contribution in [0.5, 0.6) is 0 Å². The predicted octanol–water partition coefficient (Wildman–Crippen LogP) is 1.10. The summed E-state index contributed by atoms with van der Waals surface area (Å²) in [6.45, 7) is 1.96. The van der Waals surface area contributed by atoms with Gasteiger partial charge in [0.2, 0.25) is 5.91 Å². The highest BCUT2D eigenvalue weighted by atomic mass is 19.1. The van der Waals surface area contributed by atoms with Gasteiger partial charge in [0, 0.05) is 13.6 Å². The first-order valence-electron chi connectivity index (χ1n) is 5.48. The molecule has 2 N–H and O–H groups in total. The molecule has 0 aliphatic heterocycles. The Morgan fingerprint density at radius 2 is 2.11 bits per heavy atom. The van der Waals surface area contributed by atoms with Crippen molar-refractivity contribution in [1.82, 2.24) is 5.32 Å². The lowest BCUT2D eigenvalue weighted by molar-refractivity contribution is -0.119. The molecule has 1 aromatic carbocycles. The highest BCUT2D eigenvalue weighted by Crippen LogP contribution is 2.24. The number of amides is 1. The summed E-state index contributed by atoms with van der Waals surface area (Å²) >= 11 is 0. The molecule has 0 fully saturated rings. The van der Waals surface area contributed by atoms with E-state index < -0.39 is 11.8 Å². The summed E-state index contributed by atoms with van der Waals surface area (Å²) in [6, 6.07) is 3.82. The lowest BCUT2D eigenvalue weighted by Crippen LogP contribution is -2.36. The van der Waals surface area contributed by atoms with Crippen LogP contribution in [0.2, 0.25) is 0 Å². The molecule has 18 heavy (non-hydrogen) atoms. The first-order valence-corrected chi connectivity index (χ1v) is 5.48. The van der Waals surface area contributed by atoms with Crippen molar-refractivity contribution in [3.05, 3.63) is 29.6 Å². The summed E-state index contributed by atoms with van der Waals surface area (Å²) in [5, 5.41) is 11.4. The van der Waals surface area contributed by atoms with Crippen LogP contribution >= 0.6 is 0 Å². The molecule has 0 bridgehead atoms. The zero-order chi connectivity index (χ0) is 13.7. The van der Waals surface area contributed by atoms with Gasteiger partial charge in [-0.1, -0.05) is 6.07 Å². The molecular formula is C12H15FN2O3. The second-order valence-corrected chi connectivity index (χ2v) is 3.63. The number of para-hydroxylation sites is 1. The molecule has 1 aromatic rings. The SMILES string of the molecule is CCN(CC(=O)NC)c1c(F)cccc1C(=O)O. The van der Waals surface area contributed by atoms with Gasteiger partial charge in [0.1, 0.15) is 5.82 Å². The summed E-state index contributed by atoms with van der Waals surface area (Å²) in [4.78, 5) is 23.8. The van der Waals surface area contributed by atoms with Crippen molar-refractivity contribution in [3.8, 4) is 0 Å². The standard InChI is InChI=1S/C12H15FN2O3/c1-3-15(7-10(16)14-2)11-8(12(17)18)5-4-6-9(11)13/h4-6H,3,7H2,1-2H3,(H,14,16)(H,17,18). The van der Waals surface area contributed by atoms with Crippen molar-refractivity contribution >= 4 is 17.6 Å². The van der Waals surface area contributed by atoms with Gasteiger partial charge in [-0.15, -0.1) is 0 Å². The minimum Gasteiger partial charge on any atom is -0.478 e. The molecule has 0 atom stereocenters. The first kappa shape index (κ1) is 14.0. The molecule has 1 rings (SSSR count). The third-order valence-corrected chi connectivity index (χ3v) is 2.53. The van der Waals surface area contributed by atoms with E-state index in [9.17, 15) is 14.0 Å². The Morgan fingerprint density at radius 3 is 2.61 bits per heavy atom. The Bertz CT molecular complexity index is 463. The molecule has 1 amide bonds. The number of carbonyl (C=O) groups excluding carboxylic acids is 1. The van der Waals surface area contributed by atoms with Crippen molar-refractivity contribution in [1.29, 1.82) is 0 Å². The molecule has 0 aliphatic carbocycles. The Labute approximate surface area is 104 Å². The van der Waals surface area contributed by atoms with Crippen LogP contribution in [0.4, 0.5) is 10.1 Å². The largest absolute Gasteiger partial charge is 0.478 e. The molecular weight excluding hydrogens is 239 g/mol. The zero-order valence-corrected chi connectivity index (χ0v) is 10.2. The van der Waals surface area contributed by atoms with Crippen molar-refractivity contribution in [2.24, 2.45) is 0 Å². The van der Waals surface area contributed by atoms with Crippen molar-refractivity contribution in [2.45, 2.75) is 6.92 Å². The number of halogens is 1. The predicted molar refractivity (Wildman–Crippen MR) is 65.3 cm³/mol. The van der Waals surface area contributed by atoms with Gasteiger partial charge in [-0.05, 0) is 19.1 Å². The van der Waals surface area contributed by atoms with E-state index >= 15 is 0 Å². The number of carboxylic acid groups (broad SMARTS) is 1. The van der Waals surface area contributed by atoms with E-state index in [4.69, 9.17) is 5.11 Å². The van der Waals surface area contributed by atoms with E-state index in [1.807, 2.05) is 0 Å². The fourth-order valence-corrected chi connectivity index (χ4v) is 1.61. The number of anilines is 1. The van der Waals surface area contributed by atoms with Gasteiger partial charge in [0.15, 0.2) is 0 Å². The number of rotatable bonds is 5. The van der Waals surface area contributed by atoms with Crippen LogP contribution in [0, 0.1) is 5.82 Å². The average Bonchev–Trinajstić information content (AvgIpc) is 2.35. The molecule has 0 saturated carbocycles. The highest BCUT2D eigenvalue weighted by molar-refractivity contribution is 5.95. The molecule has 6 heteroatoms. The van der Waals surface area contributed by atoms with Crippen molar-refractivity contribution < 1.29 is 19.1 Å². The molecule has 0 spiro atoms. The summed E-state index contributed by atoms with van der Waals surface area (Å²) in [7, 11) is 1.47. The first-order chi connectivity index (χ1) is 8.51. The third-order valence-electron chi connectivity index (χ3n) is 2.53. The number of benzene rings is 1. The summed E-state index contributed by atoms with van der Waals surface area (Å²) < 4.78 is 13.8. The summed E-state index contributed by atoms with van der Waals surface area (Å²) in [5.74, 6) is -2.18. The Kier molecular flexibility index (Phi) is 4.65. The molecule has 0 radical (unpaired) electrons. The summed E-state index contributed by atoms with van der Waals surface area (Å²) in [6.07, 6.45) is 0. The number of carbonyl (C=O) groups is 2. The maximum Gasteiger partial charge on any atom is 0.337 e. The monoisotopic (exact) mass is 254 g/mol. The maximum absolute atomic E-state index is 13.8. The molecule has 5 nitrogen and oxygen atoms in total. The van der Waals surface area contributed by atoms with E-state index in [0.717, 1.165) is 0 Å². The number of likely N-dealkylation sites (N-methyl/N-ethyl adjacent to an activating group) is 2. The van der Waals surface area contributed by atoms with E-state index in [1.54, 1.807) is 6.92 Å². The van der Waals surface area contributed by atoms with Crippen LogP contribution in [-0.2, 0) is 4.79 Å². The second-order valence-electron chi connectivity index (χ2n) is 3.63. The van der Waals surface area contributed by atoms with Crippen LogP contribution in [0.1, 0.15) is 17.3 Å². The minimum atomic E-state index is -1.22. The van der Waals surface area contributed by atoms with E-state index in [2.05, 4.69) is 5.32 Å². The normalized spacial score (nSPS) is 9.94. The zero-order valence-electron chi connectivity index (χ0n) is 10.2. The van der Waals surface area contributed by atoms with E-state index in [1.165, 1.54) is 30.1 Å². The Morgan fingerprint density at radius 1 is 1.44 bits per heavy atom. The fourth-order valence-electron chi connectivity index (χ4n) is 1.61. The number of hydrogen-bond donors (Lipinski definition) is 2. The van der Waals surface area contributed by atoms with E-state index in [0.29, 0.717) is 6.54 Å². The van der Waals surface area contributed by atoms with Gasteiger partial charge in [0.05, 0.1) is 17.8 Å². The van der Waals surface area contributed by atoms with E-state index in [-0.39, 0.29) is 23.7 Å². The molecule has 0 unspecified atom stereocenters. The highest BCUT2D eigenvalue weighted by Gasteiger charge is 2.20. The van der Waals surface area contributed by atoms with Crippen molar-refractivity contribution in [2.75, 3.05) is 25.0 Å². The smallest absolute Gasteiger partial charge is 0.337 e. The molecule has 0 aromatic heterocycles. The quantitative estimate of drug-likeness (QED) is 0.825. The minimum absolute atomic E-state index is 0.0592. The molecule has 0 saturated heterocycles. The Balaban J connectivity index is 3.19. The van der Waals surface area contributed by atoms with Gasteiger partial charge in [-0.3, -0.25) is 4.79 Å². The van der Waals surface area contributed by atoms with Gasteiger partial charge in [0.25, 0.3) is 0 Å². The van der Waals surface area contributed by atoms with Gasteiger partial charge in [-0.2, -0.15) is 0 Å². The lowest BCUT2D eigenvalue weighted by atomic mass is 10.1. The number of aromatic carboxylic acids is 1. The number of nitrogens with zero attached hydrogens (tertiary/aromatic N) is 1. The third kappa shape index (κ3) is 2.97. The molecule has 0 heterocycles. The van der Waals surface area contributed by atoms with Crippen molar-refractivity contribution in [3.63, 3.8) is 0 Å². The number of carboxylic acids is 1. The Hall–Kier alpha value is -2.11. The van der Waals surface area contributed by atoms with Crippen LogP contribution in [-0.4, -0.2) is 37.1 Å². The van der Waals surface area contributed by atoms with Crippen LogP contribution in [0.15, 0.2) is 18.2 Å². The number of nitrogens with one attached hydrogen (secondary N) is 1. The van der Waals surface area contributed by atoms with Gasteiger partial charge >= 0.3 is 5.97 Å². The van der Waals surface area contributed by atoms with Gasteiger partial charge in [-0.25, -0.2) is 9.18 Å². The fraction of sp³-hybridized carbons (Fsp3) is 0.333. The average molecular weight is 254 g/mol.